The van der Waals surface area contributed by atoms with E-state index in [0.717, 1.165) is 5.01 Å². The highest BCUT2D eigenvalue weighted by molar-refractivity contribution is 7.09. The van der Waals surface area contributed by atoms with Gasteiger partial charge in [0.25, 0.3) is 0 Å². The summed E-state index contributed by atoms with van der Waals surface area (Å²) >= 11 is 7.14. The predicted octanol–water partition coefficient (Wildman–Crippen LogP) is 2.67. The van der Waals surface area contributed by atoms with E-state index in [1.54, 1.807) is 6.20 Å². The lowest BCUT2D eigenvalue weighted by atomic mass is 10.3. The van der Waals surface area contributed by atoms with Crippen molar-refractivity contribution in [1.29, 1.82) is 0 Å². The molecule has 0 amide bonds. The van der Waals surface area contributed by atoms with Gasteiger partial charge in [-0.2, -0.15) is 0 Å². The van der Waals surface area contributed by atoms with Gasteiger partial charge in [-0.1, -0.05) is 11.6 Å². The third kappa shape index (κ3) is 2.54. The summed E-state index contributed by atoms with van der Waals surface area (Å²) in [5.41, 5.74) is -0.331. The smallest absolute Gasteiger partial charge is 0.348 e. The van der Waals surface area contributed by atoms with Crippen LogP contribution in [0.2, 0.25) is 5.15 Å². The normalized spacial score (nSPS) is 12.1. The van der Waals surface area contributed by atoms with Crippen LogP contribution in [-0.2, 0) is 0 Å². The largest absolute Gasteiger partial charge is 0.355 e. The van der Waals surface area contributed by atoms with Crippen molar-refractivity contribution in [3.05, 3.63) is 38.2 Å². The summed E-state index contributed by atoms with van der Waals surface area (Å²) in [7, 11) is 0. The van der Waals surface area contributed by atoms with E-state index < -0.39 is 4.92 Å². The topological polar surface area (TPSA) is 93.8 Å². The van der Waals surface area contributed by atoms with Crippen molar-refractivity contribution >= 4 is 34.4 Å². The molecule has 18 heavy (non-hydrogen) atoms. The van der Waals surface area contributed by atoms with Crippen molar-refractivity contribution in [3.8, 4) is 0 Å². The molecule has 0 aliphatic heterocycles. The number of rotatable bonds is 4. The Kier molecular flexibility index (Phi) is 3.68. The second kappa shape index (κ2) is 5.23. The number of aromatic nitrogens is 3. The van der Waals surface area contributed by atoms with Crippen LogP contribution in [0, 0.1) is 10.1 Å². The van der Waals surface area contributed by atoms with E-state index in [4.69, 9.17) is 11.6 Å². The Balaban J connectivity index is 2.29. The van der Waals surface area contributed by atoms with E-state index >= 15 is 0 Å². The van der Waals surface area contributed by atoms with Gasteiger partial charge in [-0.15, -0.1) is 11.3 Å². The molecule has 1 N–H and O–H groups in total. The molecule has 94 valence electrons. The van der Waals surface area contributed by atoms with E-state index in [2.05, 4.69) is 20.3 Å². The Morgan fingerprint density at radius 3 is 2.89 bits per heavy atom. The molecule has 2 aromatic rings. The molecular weight excluding hydrogens is 278 g/mol. The summed E-state index contributed by atoms with van der Waals surface area (Å²) in [6.45, 7) is 1.83. The Morgan fingerprint density at radius 2 is 2.28 bits per heavy atom. The highest BCUT2D eigenvalue weighted by Gasteiger charge is 2.23. The SMILES string of the molecule is CC(Nc1ncnc(Cl)c1[N+](=O)[O-])c1nccs1. The highest BCUT2D eigenvalue weighted by Crippen LogP contribution is 2.31. The molecule has 0 saturated heterocycles. The fraction of sp³-hybridized carbons (Fsp3) is 0.222. The maximum absolute atomic E-state index is 10.9. The van der Waals surface area contributed by atoms with Crippen LogP contribution in [0.3, 0.4) is 0 Å². The molecule has 0 fully saturated rings. The molecule has 2 rings (SSSR count). The molecule has 0 spiro atoms. The van der Waals surface area contributed by atoms with E-state index in [9.17, 15) is 10.1 Å². The van der Waals surface area contributed by atoms with Crippen molar-refractivity contribution in [3.63, 3.8) is 0 Å². The van der Waals surface area contributed by atoms with Crippen molar-refractivity contribution in [2.45, 2.75) is 13.0 Å². The summed E-state index contributed by atoms with van der Waals surface area (Å²) in [5.74, 6) is 0.0858. The van der Waals surface area contributed by atoms with Gasteiger partial charge in [0.1, 0.15) is 11.3 Å². The van der Waals surface area contributed by atoms with Gasteiger partial charge in [0.05, 0.1) is 11.0 Å². The molecule has 1 unspecified atom stereocenters. The first-order valence-corrected chi connectivity index (χ1v) is 6.16. The summed E-state index contributed by atoms with van der Waals surface area (Å²) in [6, 6.07) is -0.199. The zero-order valence-electron chi connectivity index (χ0n) is 9.20. The van der Waals surface area contributed by atoms with Crippen LogP contribution in [0.5, 0.6) is 0 Å². The lowest BCUT2D eigenvalue weighted by molar-refractivity contribution is -0.384. The second-order valence-electron chi connectivity index (χ2n) is 3.36. The number of nitrogens with zero attached hydrogens (tertiary/aromatic N) is 4. The fourth-order valence-corrected chi connectivity index (χ4v) is 2.19. The lowest BCUT2D eigenvalue weighted by Gasteiger charge is -2.11. The van der Waals surface area contributed by atoms with Gasteiger partial charge < -0.3 is 5.32 Å². The zero-order chi connectivity index (χ0) is 13.1. The number of halogens is 1. The maximum Gasteiger partial charge on any atom is 0.348 e. The van der Waals surface area contributed by atoms with E-state index in [0.29, 0.717) is 0 Å². The van der Waals surface area contributed by atoms with Crippen LogP contribution in [0.25, 0.3) is 0 Å². The Labute approximate surface area is 111 Å². The summed E-state index contributed by atoms with van der Waals surface area (Å²) in [6.07, 6.45) is 2.84. The molecule has 0 bridgehead atoms. The average Bonchev–Trinajstić information content (AvgIpc) is 2.81. The van der Waals surface area contributed by atoms with Gasteiger partial charge in [0, 0.05) is 11.6 Å². The Bertz CT molecular complexity index is 562. The van der Waals surface area contributed by atoms with Gasteiger partial charge in [0.2, 0.25) is 11.0 Å². The van der Waals surface area contributed by atoms with E-state index in [1.165, 1.54) is 17.7 Å². The molecule has 0 radical (unpaired) electrons. The molecule has 0 aromatic carbocycles. The van der Waals surface area contributed by atoms with Crippen LogP contribution in [-0.4, -0.2) is 19.9 Å². The number of thiazole rings is 1. The van der Waals surface area contributed by atoms with Crippen molar-refractivity contribution in [2.75, 3.05) is 5.32 Å². The molecule has 7 nitrogen and oxygen atoms in total. The summed E-state index contributed by atoms with van der Waals surface area (Å²) in [4.78, 5) is 21.8. The van der Waals surface area contributed by atoms with Gasteiger partial charge in [0.15, 0.2) is 0 Å². The standard InChI is InChI=1S/C9H8ClN5O2S/c1-5(9-11-2-3-18-9)14-8-6(15(16)17)7(10)12-4-13-8/h2-5H,1H3,(H,12,13,14). The molecule has 2 heterocycles. The van der Waals surface area contributed by atoms with Crippen LogP contribution < -0.4 is 5.32 Å². The number of nitrogens with one attached hydrogen (secondary N) is 1. The van der Waals surface area contributed by atoms with Crippen LogP contribution in [0.15, 0.2) is 17.9 Å². The average molecular weight is 286 g/mol. The molecule has 0 aliphatic rings. The minimum absolute atomic E-state index is 0.0858. The fourth-order valence-electron chi connectivity index (χ4n) is 1.34. The van der Waals surface area contributed by atoms with Gasteiger partial charge in [-0.25, -0.2) is 15.0 Å². The minimum Gasteiger partial charge on any atom is -0.355 e. The Hall–Kier alpha value is -1.80. The number of hydrogen-bond donors (Lipinski definition) is 1. The number of nitro groups is 1. The van der Waals surface area contributed by atoms with Gasteiger partial charge >= 0.3 is 5.69 Å². The second-order valence-corrected chi connectivity index (χ2v) is 4.64. The first-order chi connectivity index (χ1) is 8.59. The van der Waals surface area contributed by atoms with Crippen LogP contribution in [0.4, 0.5) is 11.5 Å². The number of hydrogen-bond acceptors (Lipinski definition) is 7. The summed E-state index contributed by atoms with van der Waals surface area (Å²) < 4.78 is 0. The van der Waals surface area contributed by atoms with Gasteiger partial charge in [-0.05, 0) is 6.92 Å². The van der Waals surface area contributed by atoms with E-state index in [-0.39, 0.29) is 22.7 Å². The third-order valence-electron chi connectivity index (χ3n) is 2.14. The molecule has 1 atom stereocenters. The zero-order valence-corrected chi connectivity index (χ0v) is 10.8. The molecular formula is C9H8ClN5O2S. The lowest BCUT2D eigenvalue weighted by Crippen LogP contribution is -2.10. The quantitative estimate of drug-likeness (QED) is 0.527. The Morgan fingerprint density at radius 1 is 1.50 bits per heavy atom. The third-order valence-corrected chi connectivity index (χ3v) is 3.37. The van der Waals surface area contributed by atoms with Crippen LogP contribution in [0.1, 0.15) is 18.0 Å². The van der Waals surface area contributed by atoms with Crippen LogP contribution >= 0.6 is 22.9 Å². The summed E-state index contributed by atoms with van der Waals surface area (Å²) in [5, 5.41) is 16.2. The van der Waals surface area contributed by atoms with Crippen molar-refractivity contribution in [1.82, 2.24) is 15.0 Å². The molecule has 0 aliphatic carbocycles. The highest BCUT2D eigenvalue weighted by atomic mass is 35.5. The van der Waals surface area contributed by atoms with Gasteiger partial charge in [-0.3, -0.25) is 10.1 Å². The molecule has 0 saturated carbocycles. The predicted molar refractivity (Wildman–Crippen MR) is 67.8 cm³/mol. The molecule has 2 aromatic heterocycles. The first kappa shape index (κ1) is 12.7. The van der Waals surface area contributed by atoms with Crippen molar-refractivity contribution < 1.29 is 4.92 Å². The maximum atomic E-state index is 10.9. The monoisotopic (exact) mass is 285 g/mol. The first-order valence-electron chi connectivity index (χ1n) is 4.90. The molecule has 9 heteroatoms. The van der Waals surface area contributed by atoms with E-state index in [1.807, 2.05) is 12.3 Å². The number of anilines is 1. The van der Waals surface area contributed by atoms with Crippen molar-refractivity contribution in [2.24, 2.45) is 0 Å². The minimum atomic E-state index is -0.612.